The van der Waals surface area contributed by atoms with E-state index in [-0.39, 0.29) is 24.7 Å². The highest BCUT2D eigenvalue weighted by atomic mass is 16.5. The third-order valence-electron chi connectivity index (χ3n) is 3.09. The normalized spacial score (nSPS) is 10.0. The van der Waals surface area contributed by atoms with Gasteiger partial charge in [-0.25, -0.2) is 0 Å². The SMILES string of the molecule is CCCCNC(=O)c1cccc(NC(=O)CCC(=O)OCC)c1. The van der Waals surface area contributed by atoms with Gasteiger partial charge in [-0.05, 0) is 31.5 Å². The lowest BCUT2D eigenvalue weighted by Crippen LogP contribution is -2.24. The summed E-state index contributed by atoms with van der Waals surface area (Å²) in [7, 11) is 0. The lowest BCUT2D eigenvalue weighted by molar-refractivity contribution is -0.144. The summed E-state index contributed by atoms with van der Waals surface area (Å²) in [6, 6.07) is 6.71. The monoisotopic (exact) mass is 320 g/mol. The highest BCUT2D eigenvalue weighted by Crippen LogP contribution is 2.11. The van der Waals surface area contributed by atoms with Crippen molar-refractivity contribution >= 4 is 23.5 Å². The van der Waals surface area contributed by atoms with Crippen molar-refractivity contribution in [2.24, 2.45) is 0 Å². The molecule has 1 aromatic carbocycles. The van der Waals surface area contributed by atoms with Gasteiger partial charge in [-0.3, -0.25) is 14.4 Å². The predicted molar refractivity (Wildman–Crippen MR) is 88.2 cm³/mol. The number of amides is 2. The molecule has 1 aromatic rings. The van der Waals surface area contributed by atoms with Crippen molar-refractivity contribution in [2.75, 3.05) is 18.5 Å². The second-order valence-corrected chi connectivity index (χ2v) is 5.04. The smallest absolute Gasteiger partial charge is 0.306 e. The highest BCUT2D eigenvalue weighted by Gasteiger charge is 2.10. The topological polar surface area (TPSA) is 84.5 Å². The van der Waals surface area contributed by atoms with E-state index < -0.39 is 5.97 Å². The molecule has 0 aromatic heterocycles. The summed E-state index contributed by atoms with van der Waals surface area (Å²) in [5.41, 5.74) is 1.02. The van der Waals surface area contributed by atoms with E-state index in [1.807, 2.05) is 0 Å². The van der Waals surface area contributed by atoms with E-state index in [1.54, 1.807) is 31.2 Å². The van der Waals surface area contributed by atoms with Crippen LogP contribution in [0.25, 0.3) is 0 Å². The van der Waals surface area contributed by atoms with Crippen molar-refractivity contribution in [1.29, 1.82) is 0 Å². The number of benzene rings is 1. The first-order valence-corrected chi connectivity index (χ1v) is 7.90. The maximum Gasteiger partial charge on any atom is 0.306 e. The molecule has 0 fully saturated rings. The maximum absolute atomic E-state index is 12.0. The minimum Gasteiger partial charge on any atom is -0.466 e. The molecule has 0 aliphatic rings. The van der Waals surface area contributed by atoms with Crippen LogP contribution in [-0.4, -0.2) is 30.9 Å². The molecule has 0 spiro atoms. The van der Waals surface area contributed by atoms with Gasteiger partial charge in [0.2, 0.25) is 5.91 Å². The summed E-state index contributed by atoms with van der Waals surface area (Å²) < 4.78 is 4.77. The molecule has 126 valence electrons. The van der Waals surface area contributed by atoms with E-state index in [9.17, 15) is 14.4 Å². The van der Waals surface area contributed by atoms with Gasteiger partial charge in [-0.1, -0.05) is 19.4 Å². The number of rotatable bonds is 9. The summed E-state index contributed by atoms with van der Waals surface area (Å²) in [6.45, 7) is 4.70. The van der Waals surface area contributed by atoms with Crippen molar-refractivity contribution in [3.05, 3.63) is 29.8 Å². The zero-order chi connectivity index (χ0) is 17.1. The Morgan fingerprint density at radius 2 is 1.91 bits per heavy atom. The number of hydrogen-bond acceptors (Lipinski definition) is 4. The van der Waals surface area contributed by atoms with Gasteiger partial charge in [0.25, 0.3) is 5.91 Å². The molecule has 0 aliphatic heterocycles. The van der Waals surface area contributed by atoms with E-state index in [0.29, 0.717) is 24.4 Å². The number of unbranched alkanes of at least 4 members (excludes halogenated alkanes) is 1. The van der Waals surface area contributed by atoms with Gasteiger partial charge in [0, 0.05) is 24.2 Å². The summed E-state index contributed by atoms with van der Waals surface area (Å²) >= 11 is 0. The lowest BCUT2D eigenvalue weighted by atomic mass is 10.1. The Kier molecular flexibility index (Phi) is 8.42. The molecule has 6 nitrogen and oxygen atoms in total. The maximum atomic E-state index is 12.0. The number of carbonyl (C=O) groups excluding carboxylic acids is 3. The second-order valence-electron chi connectivity index (χ2n) is 5.04. The largest absolute Gasteiger partial charge is 0.466 e. The van der Waals surface area contributed by atoms with Crippen molar-refractivity contribution in [1.82, 2.24) is 5.32 Å². The number of anilines is 1. The van der Waals surface area contributed by atoms with Crippen molar-refractivity contribution in [2.45, 2.75) is 39.5 Å². The molecular weight excluding hydrogens is 296 g/mol. The molecule has 2 N–H and O–H groups in total. The molecule has 0 aliphatic carbocycles. The van der Waals surface area contributed by atoms with Crippen LogP contribution in [0.1, 0.15) is 49.9 Å². The van der Waals surface area contributed by atoms with Gasteiger partial charge in [0.15, 0.2) is 0 Å². The Labute approximate surface area is 136 Å². The molecule has 0 atom stereocenters. The summed E-state index contributed by atoms with van der Waals surface area (Å²) in [4.78, 5) is 35.0. The molecule has 0 saturated carbocycles. The van der Waals surface area contributed by atoms with Gasteiger partial charge in [0.05, 0.1) is 13.0 Å². The molecule has 0 bridgehead atoms. The predicted octanol–water partition coefficient (Wildman–Crippen LogP) is 2.50. The van der Waals surface area contributed by atoms with Crippen LogP contribution in [0.15, 0.2) is 24.3 Å². The summed E-state index contributed by atoms with van der Waals surface area (Å²) in [5, 5.41) is 5.50. The molecule has 23 heavy (non-hydrogen) atoms. The number of esters is 1. The van der Waals surface area contributed by atoms with Gasteiger partial charge in [-0.15, -0.1) is 0 Å². The minimum atomic E-state index is -0.397. The van der Waals surface area contributed by atoms with E-state index in [0.717, 1.165) is 12.8 Å². The van der Waals surface area contributed by atoms with E-state index in [4.69, 9.17) is 4.74 Å². The molecule has 0 radical (unpaired) electrons. The van der Waals surface area contributed by atoms with E-state index in [2.05, 4.69) is 17.6 Å². The number of carbonyl (C=O) groups is 3. The molecule has 0 saturated heterocycles. The molecule has 0 unspecified atom stereocenters. The van der Waals surface area contributed by atoms with Crippen LogP contribution in [0.3, 0.4) is 0 Å². The third kappa shape index (κ3) is 7.44. The van der Waals surface area contributed by atoms with Crippen LogP contribution in [0.4, 0.5) is 5.69 Å². The Morgan fingerprint density at radius 3 is 2.61 bits per heavy atom. The molecule has 2 amide bonds. The average molecular weight is 320 g/mol. The quantitative estimate of drug-likeness (QED) is 0.541. The van der Waals surface area contributed by atoms with Crippen molar-refractivity contribution in [3.8, 4) is 0 Å². The first-order chi connectivity index (χ1) is 11.1. The summed E-state index contributed by atoms with van der Waals surface area (Å²) in [6.07, 6.45) is 2.02. The second kappa shape index (κ2) is 10.4. The zero-order valence-corrected chi connectivity index (χ0v) is 13.7. The fourth-order valence-electron chi connectivity index (χ4n) is 1.89. The van der Waals surface area contributed by atoms with Crippen molar-refractivity contribution < 1.29 is 19.1 Å². The molecule has 6 heteroatoms. The van der Waals surface area contributed by atoms with Crippen molar-refractivity contribution in [3.63, 3.8) is 0 Å². The number of nitrogens with one attached hydrogen (secondary N) is 2. The Bertz CT molecular complexity index is 543. The van der Waals surface area contributed by atoms with Crippen LogP contribution in [0.2, 0.25) is 0 Å². The van der Waals surface area contributed by atoms with Gasteiger partial charge in [-0.2, -0.15) is 0 Å². The van der Waals surface area contributed by atoms with Gasteiger partial charge in [0.1, 0.15) is 0 Å². The van der Waals surface area contributed by atoms with Gasteiger partial charge < -0.3 is 15.4 Å². The first-order valence-electron chi connectivity index (χ1n) is 7.90. The molecule has 1 rings (SSSR count). The van der Waals surface area contributed by atoms with Crippen LogP contribution >= 0.6 is 0 Å². The lowest BCUT2D eigenvalue weighted by Gasteiger charge is -2.08. The Balaban J connectivity index is 2.51. The van der Waals surface area contributed by atoms with Crippen LogP contribution in [-0.2, 0) is 14.3 Å². The summed E-state index contributed by atoms with van der Waals surface area (Å²) in [5.74, 6) is -0.852. The van der Waals surface area contributed by atoms with Crippen LogP contribution in [0, 0.1) is 0 Å². The van der Waals surface area contributed by atoms with Gasteiger partial charge >= 0.3 is 5.97 Å². The van der Waals surface area contributed by atoms with Crippen LogP contribution < -0.4 is 10.6 Å². The van der Waals surface area contributed by atoms with E-state index in [1.165, 1.54) is 0 Å². The van der Waals surface area contributed by atoms with E-state index >= 15 is 0 Å². The fraction of sp³-hybridized carbons (Fsp3) is 0.471. The first kappa shape index (κ1) is 18.7. The molecular formula is C17H24N2O4. The minimum absolute atomic E-state index is 0.0386. The Morgan fingerprint density at radius 1 is 1.13 bits per heavy atom. The fourth-order valence-corrected chi connectivity index (χ4v) is 1.89. The Hall–Kier alpha value is -2.37. The third-order valence-corrected chi connectivity index (χ3v) is 3.09. The number of ether oxygens (including phenoxy) is 1. The average Bonchev–Trinajstić information content (AvgIpc) is 2.53. The molecule has 0 heterocycles. The standard InChI is InChI=1S/C17H24N2O4/c1-3-5-11-18-17(22)13-7-6-8-14(12-13)19-15(20)9-10-16(21)23-4-2/h6-8,12H,3-5,9-11H2,1-2H3,(H,18,22)(H,19,20). The number of hydrogen-bond donors (Lipinski definition) is 2. The van der Waals surface area contributed by atoms with Crippen LogP contribution in [0.5, 0.6) is 0 Å². The highest BCUT2D eigenvalue weighted by molar-refractivity contribution is 5.97. The zero-order valence-electron chi connectivity index (χ0n) is 13.7.